The summed E-state index contributed by atoms with van der Waals surface area (Å²) in [5, 5.41) is 23.6. The maximum atomic E-state index is 14.5. The molecular weight excluding hydrogens is 506 g/mol. The van der Waals surface area contributed by atoms with Crippen LogP contribution in [-0.2, 0) is 13.1 Å². The van der Waals surface area contributed by atoms with Crippen LogP contribution in [0.5, 0.6) is 0 Å². The standard InChI is InChI=1S/C37H43NO3/c1-33-15-12-28(39)20-35(33)18-19-37(29(21-35)32(40)25-8-4-3-5-9-25)30(33)13-16-34(2)31(37)14-17-36(34,41)24-38-22-26-10-6-7-11-27(26)23-38/h3-11,18-19,21,28,30-31,39,41H,12-17,20,22-24H2,1-2H3/t28?,30-,31-,33-,34+,35+,36-,37-/m1/s1. The van der Waals surface area contributed by atoms with Gasteiger partial charge in [0, 0.05) is 47.0 Å². The number of fused-ring (bicyclic) bond motifs is 2. The van der Waals surface area contributed by atoms with Crippen molar-refractivity contribution >= 4 is 5.78 Å². The van der Waals surface area contributed by atoms with Gasteiger partial charge in [0.15, 0.2) is 5.78 Å². The highest BCUT2D eigenvalue weighted by atomic mass is 16.3. The van der Waals surface area contributed by atoms with E-state index in [2.05, 4.69) is 61.2 Å². The Morgan fingerprint density at radius 3 is 2.22 bits per heavy atom. The fourth-order valence-corrected chi connectivity index (χ4v) is 11.2. The van der Waals surface area contributed by atoms with Crippen molar-refractivity contribution in [3.8, 4) is 0 Å². The van der Waals surface area contributed by atoms with Crippen LogP contribution in [0.15, 0.2) is 78.4 Å². The van der Waals surface area contributed by atoms with Crippen LogP contribution in [0.4, 0.5) is 0 Å². The van der Waals surface area contributed by atoms with Gasteiger partial charge in [-0.1, -0.05) is 86.7 Å². The molecule has 0 saturated heterocycles. The number of hydrogen-bond donors (Lipinski definition) is 2. The molecule has 2 bridgehead atoms. The average Bonchev–Trinajstić information content (AvgIpc) is 3.50. The topological polar surface area (TPSA) is 60.8 Å². The zero-order valence-electron chi connectivity index (χ0n) is 24.5. The number of aliphatic hydroxyl groups excluding tert-OH is 1. The molecule has 9 rings (SSSR count). The van der Waals surface area contributed by atoms with Crippen LogP contribution < -0.4 is 0 Å². The minimum absolute atomic E-state index is 0.0000795. The lowest BCUT2D eigenvalue weighted by atomic mass is 9.32. The average molecular weight is 550 g/mol. The first-order valence-electron chi connectivity index (χ1n) is 15.9. The maximum Gasteiger partial charge on any atom is 0.189 e. The van der Waals surface area contributed by atoms with E-state index in [-0.39, 0.29) is 34.1 Å². The van der Waals surface area contributed by atoms with E-state index in [0.29, 0.717) is 18.9 Å². The van der Waals surface area contributed by atoms with Crippen LogP contribution in [-0.4, -0.2) is 39.1 Å². The van der Waals surface area contributed by atoms with E-state index >= 15 is 0 Å². The molecule has 2 spiro atoms. The Morgan fingerprint density at radius 1 is 0.854 bits per heavy atom. The van der Waals surface area contributed by atoms with Gasteiger partial charge < -0.3 is 10.2 Å². The third kappa shape index (κ3) is 3.25. The predicted molar refractivity (Wildman–Crippen MR) is 160 cm³/mol. The van der Waals surface area contributed by atoms with Gasteiger partial charge in [0.05, 0.1) is 11.7 Å². The fraction of sp³-hybridized carbons (Fsp3) is 0.541. The van der Waals surface area contributed by atoms with Crippen LogP contribution in [0.1, 0.15) is 80.3 Å². The van der Waals surface area contributed by atoms with Crippen LogP contribution in [0.25, 0.3) is 0 Å². The second-order valence-electron chi connectivity index (χ2n) is 14.9. The zero-order valence-corrected chi connectivity index (χ0v) is 24.5. The summed E-state index contributed by atoms with van der Waals surface area (Å²) in [5.41, 5.74) is 2.67. The van der Waals surface area contributed by atoms with Gasteiger partial charge >= 0.3 is 0 Å². The van der Waals surface area contributed by atoms with Gasteiger partial charge in [0.25, 0.3) is 0 Å². The van der Waals surface area contributed by atoms with Crippen LogP contribution in [0, 0.1) is 33.5 Å². The molecule has 2 aromatic rings. The Morgan fingerprint density at radius 2 is 1.49 bits per heavy atom. The molecule has 6 aliphatic carbocycles. The minimum Gasteiger partial charge on any atom is -0.393 e. The number of allylic oxidation sites excluding steroid dienone is 4. The molecule has 214 valence electrons. The molecule has 2 aromatic carbocycles. The second-order valence-corrected chi connectivity index (χ2v) is 14.9. The quantitative estimate of drug-likeness (QED) is 0.339. The molecule has 3 saturated carbocycles. The Kier molecular flexibility index (Phi) is 5.43. The fourth-order valence-electron chi connectivity index (χ4n) is 11.2. The lowest BCUT2D eigenvalue weighted by Gasteiger charge is -2.71. The number of nitrogens with zero attached hydrogens (tertiary/aromatic N) is 1. The Hall–Kier alpha value is -2.53. The zero-order chi connectivity index (χ0) is 28.3. The number of rotatable bonds is 4. The van der Waals surface area contributed by atoms with Crippen molar-refractivity contribution in [1.82, 2.24) is 4.90 Å². The van der Waals surface area contributed by atoms with Crippen molar-refractivity contribution in [2.45, 2.75) is 83.6 Å². The molecule has 0 aromatic heterocycles. The highest BCUT2D eigenvalue weighted by Crippen LogP contribution is 2.78. The Bertz CT molecular complexity index is 1460. The van der Waals surface area contributed by atoms with Crippen molar-refractivity contribution in [3.63, 3.8) is 0 Å². The summed E-state index contributed by atoms with van der Waals surface area (Å²) in [6.45, 7) is 7.27. The van der Waals surface area contributed by atoms with Crippen LogP contribution in [0.3, 0.4) is 0 Å². The van der Waals surface area contributed by atoms with Crippen LogP contribution in [0.2, 0.25) is 0 Å². The lowest BCUT2D eigenvalue weighted by Crippen LogP contribution is -2.67. The number of benzene rings is 2. The number of aliphatic hydroxyl groups is 2. The van der Waals surface area contributed by atoms with E-state index in [1.165, 1.54) is 11.1 Å². The van der Waals surface area contributed by atoms with Gasteiger partial charge in [-0.2, -0.15) is 0 Å². The summed E-state index contributed by atoms with van der Waals surface area (Å²) < 4.78 is 0. The monoisotopic (exact) mass is 549 g/mol. The molecule has 1 unspecified atom stereocenters. The minimum atomic E-state index is -0.802. The second kappa shape index (κ2) is 8.52. The molecule has 4 nitrogen and oxygen atoms in total. The summed E-state index contributed by atoms with van der Waals surface area (Å²) in [6, 6.07) is 18.5. The normalized spacial score (nSPS) is 44.1. The first kappa shape index (κ1) is 26.1. The summed E-state index contributed by atoms with van der Waals surface area (Å²) in [4.78, 5) is 17.0. The van der Waals surface area contributed by atoms with E-state index in [9.17, 15) is 15.0 Å². The van der Waals surface area contributed by atoms with E-state index in [0.717, 1.165) is 62.8 Å². The van der Waals surface area contributed by atoms with Gasteiger partial charge in [0.2, 0.25) is 0 Å². The number of ketones is 1. The summed E-state index contributed by atoms with van der Waals surface area (Å²) in [6.07, 6.45) is 13.0. The van der Waals surface area contributed by atoms with Crippen molar-refractivity contribution in [3.05, 3.63) is 95.1 Å². The van der Waals surface area contributed by atoms with E-state index in [4.69, 9.17) is 0 Å². The molecule has 41 heavy (non-hydrogen) atoms. The number of carbonyl (C=O) groups excluding carboxylic acids is 1. The molecule has 3 fully saturated rings. The van der Waals surface area contributed by atoms with Gasteiger partial charge in [-0.25, -0.2) is 0 Å². The number of carbonyl (C=O) groups is 1. The maximum absolute atomic E-state index is 14.5. The van der Waals surface area contributed by atoms with Crippen molar-refractivity contribution in [2.24, 2.45) is 33.5 Å². The van der Waals surface area contributed by atoms with E-state index in [1.807, 2.05) is 30.3 Å². The Balaban J connectivity index is 1.22. The molecule has 1 heterocycles. The molecule has 4 heteroatoms. The summed E-state index contributed by atoms with van der Waals surface area (Å²) in [5.74, 6) is 0.661. The van der Waals surface area contributed by atoms with Gasteiger partial charge in [-0.3, -0.25) is 9.69 Å². The van der Waals surface area contributed by atoms with Crippen molar-refractivity contribution < 1.29 is 15.0 Å². The van der Waals surface area contributed by atoms with Gasteiger partial charge in [-0.05, 0) is 73.3 Å². The molecule has 7 aliphatic rings. The molecule has 8 atom stereocenters. The first-order valence-corrected chi connectivity index (χ1v) is 15.9. The highest BCUT2D eigenvalue weighted by Gasteiger charge is 2.74. The summed E-state index contributed by atoms with van der Waals surface area (Å²) in [7, 11) is 0. The highest BCUT2D eigenvalue weighted by molar-refractivity contribution is 6.10. The van der Waals surface area contributed by atoms with E-state index < -0.39 is 11.0 Å². The third-order valence-corrected chi connectivity index (χ3v) is 13.4. The first-order chi connectivity index (χ1) is 19.6. The van der Waals surface area contributed by atoms with Crippen LogP contribution >= 0.6 is 0 Å². The third-order valence-electron chi connectivity index (χ3n) is 13.4. The molecule has 2 N–H and O–H groups in total. The SMILES string of the molecule is C[C@]12CC[C@H]3[C@]4(C=C[C@@]5(C=C4C(=O)c4ccccc4)CC(O)CC[C@]35C)[C@@H]1CC[C@@]2(O)CN1Cc2ccccc2C1. The largest absolute Gasteiger partial charge is 0.393 e. The van der Waals surface area contributed by atoms with E-state index in [1.54, 1.807) is 0 Å². The smallest absolute Gasteiger partial charge is 0.189 e. The van der Waals surface area contributed by atoms with Gasteiger partial charge in [-0.15, -0.1) is 0 Å². The molecule has 0 radical (unpaired) electrons. The predicted octanol–water partition coefficient (Wildman–Crippen LogP) is 6.48. The number of β-amino-alcohol motifs (C(OH)–C–C–N with tert-alkyl or cyclic N) is 1. The van der Waals surface area contributed by atoms with Crippen molar-refractivity contribution in [2.75, 3.05) is 6.54 Å². The molecule has 0 amide bonds. The van der Waals surface area contributed by atoms with Gasteiger partial charge in [0.1, 0.15) is 0 Å². The number of Topliss-reactive ketones (excluding diaryl/α,β-unsaturated/α-hetero) is 1. The number of hydrogen-bond acceptors (Lipinski definition) is 4. The van der Waals surface area contributed by atoms with Crippen molar-refractivity contribution in [1.29, 1.82) is 0 Å². The molecular formula is C37H43NO3. The summed E-state index contributed by atoms with van der Waals surface area (Å²) >= 11 is 0. The lowest BCUT2D eigenvalue weighted by molar-refractivity contribution is -0.176. The molecule has 1 aliphatic heterocycles. The Labute approximate surface area is 244 Å².